The number of benzene rings is 2. The monoisotopic (exact) mass is 362 g/mol. The molecule has 2 aromatic carbocycles. The van der Waals surface area contributed by atoms with E-state index in [0.717, 1.165) is 24.2 Å². The van der Waals surface area contributed by atoms with Crippen LogP contribution in [0, 0.1) is 25.2 Å². The maximum atomic E-state index is 12.4. The quantitative estimate of drug-likeness (QED) is 0.559. The third kappa shape index (κ3) is 3.51. The summed E-state index contributed by atoms with van der Waals surface area (Å²) < 4.78 is 11.3. The van der Waals surface area contributed by atoms with Gasteiger partial charge in [-0.25, -0.2) is 0 Å². The van der Waals surface area contributed by atoms with E-state index in [1.54, 1.807) is 0 Å². The maximum absolute atomic E-state index is 12.4. The van der Waals surface area contributed by atoms with Crippen LogP contribution in [0.25, 0.3) is 0 Å². The van der Waals surface area contributed by atoms with Crippen LogP contribution >= 0.6 is 0 Å². The lowest BCUT2D eigenvalue weighted by Gasteiger charge is -2.24. The highest BCUT2D eigenvalue weighted by molar-refractivity contribution is 5.81. The number of cyclic esters (lactones) is 1. The molecule has 0 bridgehead atoms. The normalized spacial score (nSPS) is 24.0. The molecule has 140 valence electrons. The van der Waals surface area contributed by atoms with Gasteiger partial charge in [0.1, 0.15) is 12.4 Å². The van der Waals surface area contributed by atoms with Crippen molar-refractivity contribution in [1.29, 1.82) is 0 Å². The van der Waals surface area contributed by atoms with E-state index in [4.69, 9.17) is 9.47 Å². The van der Waals surface area contributed by atoms with E-state index in [1.807, 2.05) is 12.1 Å². The van der Waals surface area contributed by atoms with E-state index >= 15 is 0 Å². The fraction of sp³-hybridized carbons (Fsp3) is 0.375. The van der Waals surface area contributed by atoms with Crippen molar-refractivity contribution >= 4 is 5.97 Å². The molecule has 2 aliphatic rings. The maximum Gasteiger partial charge on any atom is 0.313 e. The predicted octanol–water partition coefficient (Wildman–Crippen LogP) is 4.93. The van der Waals surface area contributed by atoms with Crippen LogP contribution < -0.4 is 4.74 Å². The molecule has 3 nitrogen and oxygen atoms in total. The van der Waals surface area contributed by atoms with Gasteiger partial charge in [0.25, 0.3) is 0 Å². The molecular formula is C24H26O3. The Kier molecular flexibility index (Phi) is 4.55. The largest absolute Gasteiger partial charge is 0.489 e. The lowest BCUT2D eigenvalue weighted by Crippen LogP contribution is -2.31. The van der Waals surface area contributed by atoms with Gasteiger partial charge in [0, 0.05) is 5.92 Å². The topological polar surface area (TPSA) is 35.5 Å². The van der Waals surface area contributed by atoms with Crippen LogP contribution in [-0.2, 0) is 22.6 Å². The zero-order chi connectivity index (χ0) is 19.0. The van der Waals surface area contributed by atoms with Gasteiger partial charge in [-0.3, -0.25) is 4.79 Å². The summed E-state index contributed by atoms with van der Waals surface area (Å²) >= 11 is 0. The zero-order valence-corrected chi connectivity index (χ0v) is 16.1. The average molecular weight is 362 g/mol. The van der Waals surface area contributed by atoms with Gasteiger partial charge in [0.05, 0.1) is 12.0 Å². The molecule has 2 atom stereocenters. The zero-order valence-electron chi connectivity index (χ0n) is 16.1. The van der Waals surface area contributed by atoms with Crippen LogP contribution in [0.2, 0.25) is 0 Å². The third-order valence-electron chi connectivity index (χ3n) is 5.83. The second-order valence-corrected chi connectivity index (χ2v) is 8.19. The van der Waals surface area contributed by atoms with E-state index in [1.165, 1.54) is 22.3 Å². The number of aryl methyl sites for hydroxylation is 2. The molecule has 2 aromatic rings. The van der Waals surface area contributed by atoms with Crippen molar-refractivity contribution in [3.63, 3.8) is 0 Å². The van der Waals surface area contributed by atoms with Gasteiger partial charge in [0.2, 0.25) is 0 Å². The highest BCUT2D eigenvalue weighted by Gasteiger charge is 2.55. The smallest absolute Gasteiger partial charge is 0.313 e. The van der Waals surface area contributed by atoms with Crippen LogP contribution in [0.15, 0.2) is 54.6 Å². The molecule has 1 aliphatic carbocycles. The van der Waals surface area contributed by atoms with Crippen molar-refractivity contribution in [3.8, 4) is 5.75 Å². The molecule has 1 saturated heterocycles. The fourth-order valence-corrected chi connectivity index (χ4v) is 4.65. The van der Waals surface area contributed by atoms with Gasteiger partial charge in [-0.1, -0.05) is 53.6 Å². The van der Waals surface area contributed by atoms with Gasteiger partial charge < -0.3 is 9.47 Å². The van der Waals surface area contributed by atoms with Crippen LogP contribution in [0.1, 0.15) is 35.1 Å². The number of ether oxygens (including phenoxy) is 2. The molecule has 0 radical (unpaired) electrons. The Hall–Kier alpha value is -2.55. The molecule has 0 aromatic heterocycles. The molecule has 1 saturated carbocycles. The van der Waals surface area contributed by atoms with Crippen molar-refractivity contribution in [2.75, 3.05) is 6.61 Å². The first-order valence-electron chi connectivity index (χ1n) is 9.57. The van der Waals surface area contributed by atoms with Gasteiger partial charge in [-0.05, 0) is 56.4 Å². The van der Waals surface area contributed by atoms with Crippen LogP contribution in [0.5, 0.6) is 5.75 Å². The molecule has 0 spiro atoms. The molecule has 2 unspecified atom stereocenters. The standard InChI is InChI=1S/C24H26O3/c1-16-8-17(2)10-20(9-16)14-26-22-6-4-19(5-7-22)13-24-12-18(3)11-21(24)15-27-23(24)25/h4-10,21H,3,11-15H2,1-2H3. The Bertz CT molecular complexity index is 861. The second kappa shape index (κ2) is 6.88. The summed E-state index contributed by atoms with van der Waals surface area (Å²) in [6.45, 7) is 9.40. The first-order chi connectivity index (χ1) is 12.9. The van der Waals surface area contributed by atoms with Crippen LogP contribution in [0.4, 0.5) is 0 Å². The average Bonchev–Trinajstić information content (AvgIpc) is 3.08. The number of fused-ring (bicyclic) bond motifs is 1. The summed E-state index contributed by atoms with van der Waals surface area (Å²) in [6.07, 6.45) is 2.37. The number of allylic oxidation sites excluding steroid dienone is 1. The molecule has 0 amide bonds. The van der Waals surface area contributed by atoms with E-state index in [0.29, 0.717) is 19.6 Å². The van der Waals surface area contributed by atoms with Crippen molar-refractivity contribution in [1.82, 2.24) is 0 Å². The fourth-order valence-electron chi connectivity index (χ4n) is 4.65. The summed E-state index contributed by atoms with van der Waals surface area (Å²) in [4.78, 5) is 12.4. The number of esters is 1. The molecule has 2 fully saturated rings. The molecule has 4 rings (SSSR count). The van der Waals surface area contributed by atoms with Gasteiger partial charge in [0.15, 0.2) is 0 Å². The molecule has 0 N–H and O–H groups in total. The lowest BCUT2D eigenvalue weighted by molar-refractivity contribution is -0.146. The van der Waals surface area contributed by atoms with E-state index in [9.17, 15) is 4.79 Å². The lowest BCUT2D eigenvalue weighted by atomic mass is 9.75. The number of hydrogen-bond acceptors (Lipinski definition) is 3. The summed E-state index contributed by atoms with van der Waals surface area (Å²) in [5.74, 6) is 1.07. The highest BCUT2D eigenvalue weighted by atomic mass is 16.5. The highest BCUT2D eigenvalue weighted by Crippen LogP contribution is 2.52. The number of carbonyl (C=O) groups excluding carboxylic acids is 1. The van der Waals surface area contributed by atoms with Gasteiger partial charge >= 0.3 is 5.97 Å². The molecule has 1 heterocycles. The predicted molar refractivity (Wildman–Crippen MR) is 106 cm³/mol. The Morgan fingerprint density at radius 3 is 2.52 bits per heavy atom. The summed E-state index contributed by atoms with van der Waals surface area (Å²) in [5.41, 5.74) is 5.59. The van der Waals surface area contributed by atoms with E-state index in [2.05, 4.69) is 50.8 Å². The van der Waals surface area contributed by atoms with Crippen molar-refractivity contribution in [3.05, 3.63) is 76.9 Å². The molecule has 1 aliphatic heterocycles. The van der Waals surface area contributed by atoms with Crippen LogP contribution in [-0.4, -0.2) is 12.6 Å². The minimum Gasteiger partial charge on any atom is -0.489 e. The van der Waals surface area contributed by atoms with Crippen molar-refractivity contribution in [2.24, 2.45) is 11.3 Å². The van der Waals surface area contributed by atoms with Crippen molar-refractivity contribution < 1.29 is 14.3 Å². The van der Waals surface area contributed by atoms with E-state index < -0.39 is 5.41 Å². The minimum absolute atomic E-state index is 0.0544. The number of hydrogen-bond donors (Lipinski definition) is 0. The molecule has 3 heteroatoms. The van der Waals surface area contributed by atoms with Gasteiger partial charge in [-0.2, -0.15) is 0 Å². The number of rotatable bonds is 5. The first kappa shape index (κ1) is 17.8. The first-order valence-corrected chi connectivity index (χ1v) is 9.57. The summed E-state index contributed by atoms with van der Waals surface area (Å²) in [6, 6.07) is 14.6. The Labute approximate surface area is 161 Å². The second-order valence-electron chi connectivity index (χ2n) is 8.19. The Morgan fingerprint density at radius 1 is 1.11 bits per heavy atom. The minimum atomic E-state index is -0.404. The summed E-state index contributed by atoms with van der Waals surface area (Å²) in [5, 5.41) is 0. The Balaban J connectivity index is 1.43. The molecular weight excluding hydrogens is 336 g/mol. The van der Waals surface area contributed by atoms with E-state index in [-0.39, 0.29) is 11.9 Å². The SMILES string of the molecule is C=C1CC2COC(=O)C2(Cc2ccc(OCc3cc(C)cc(C)c3)cc2)C1. The Morgan fingerprint density at radius 2 is 1.81 bits per heavy atom. The summed E-state index contributed by atoms with van der Waals surface area (Å²) in [7, 11) is 0. The number of carbonyl (C=O) groups is 1. The van der Waals surface area contributed by atoms with Gasteiger partial charge in [-0.15, -0.1) is 0 Å². The van der Waals surface area contributed by atoms with Crippen LogP contribution in [0.3, 0.4) is 0 Å². The molecule has 27 heavy (non-hydrogen) atoms. The van der Waals surface area contributed by atoms with Crippen molar-refractivity contribution in [2.45, 2.75) is 39.7 Å². The third-order valence-corrected chi connectivity index (χ3v) is 5.83.